The van der Waals surface area contributed by atoms with E-state index in [4.69, 9.17) is 5.73 Å². The summed E-state index contributed by atoms with van der Waals surface area (Å²) >= 11 is 0. The Morgan fingerprint density at radius 3 is 2.30 bits per heavy atom. The number of sulfonamides is 1. The molecule has 0 bridgehead atoms. The summed E-state index contributed by atoms with van der Waals surface area (Å²) in [6.45, 7) is 3.34. The number of hydrogen-bond acceptors (Lipinski definition) is 4. The van der Waals surface area contributed by atoms with Crippen molar-refractivity contribution in [2.75, 3.05) is 32.4 Å². The van der Waals surface area contributed by atoms with Crippen LogP contribution in [-0.2, 0) is 20.4 Å². The van der Waals surface area contributed by atoms with E-state index in [0.717, 1.165) is 5.56 Å². The molecule has 1 fully saturated rings. The third-order valence-electron chi connectivity index (χ3n) is 4.03. The summed E-state index contributed by atoms with van der Waals surface area (Å²) < 4.78 is 24.7. The van der Waals surface area contributed by atoms with Gasteiger partial charge in [0.15, 0.2) is 0 Å². The molecule has 23 heavy (non-hydrogen) atoms. The monoisotopic (exact) mass is 361 g/mol. The van der Waals surface area contributed by atoms with Crippen LogP contribution in [-0.4, -0.2) is 56.0 Å². The smallest absolute Gasteiger partial charge is 0.247 e. The third kappa shape index (κ3) is 4.67. The van der Waals surface area contributed by atoms with Gasteiger partial charge in [-0.05, 0) is 18.9 Å². The molecule has 0 saturated carbocycles. The maximum Gasteiger partial charge on any atom is 0.247 e. The first-order chi connectivity index (χ1) is 10.2. The summed E-state index contributed by atoms with van der Waals surface area (Å²) in [6, 6.07) is 9.24. The molecule has 8 heteroatoms. The first kappa shape index (κ1) is 19.9. The number of halogens is 1. The van der Waals surface area contributed by atoms with Crippen LogP contribution in [0.5, 0.6) is 0 Å². The average Bonchev–Trinajstić information content (AvgIpc) is 2.73. The van der Waals surface area contributed by atoms with Crippen LogP contribution in [0.25, 0.3) is 0 Å². The summed E-state index contributed by atoms with van der Waals surface area (Å²) in [7, 11) is -3.22. The largest absolute Gasteiger partial charge is 0.339 e. The number of nitrogens with zero attached hydrogens (tertiary/aromatic N) is 2. The lowest BCUT2D eigenvalue weighted by molar-refractivity contribution is -0.136. The van der Waals surface area contributed by atoms with Crippen molar-refractivity contribution in [3.8, 4) is 0 Å². The topological polar surface area (TPSA) is 83.7 Å². The third-order valence-corrected chi connectivity index (χ3v) is 5.33. The van der Waals surface area contributed by atoms with E-state index in [1.54, 1.807) is 11.8 Å². The number of benzene rings is 1. The first-order valence-electron chi connectivity index (χ1n) is 7.32. The highest BCUT2D eigenvalue weighted by Gasteiger charge is 2.35. The van der Waals surface area contributed by atoms with Crippen LogP contribution in [0.3, 0.4) is 0 Å². The van der Waals surface area contributed by atoms with Gasteiger partial charge in [0.2, 0.25) is 15.9 Å². The molecule has 2 rings (SSSR count). The Hall–Kier alpha value is -1.15. The highest BCUT2D eigenvalue weighted by Crippen LogP contribution is 2.21. The van der Waals surface area contributed by atoms with Crippen LogP contribution in [0.15, 0.2) is 30.3 Å². The number of carbonyl (C=O) groups is 1. The fourth-order valence-electron chi connectivity index (χ4n) is 2.66. The Bertz CT molecular complexity index is 635. The van der Waals surface area contributed by atoms with Crippen molar-refractivity contribution in [3.05, 3.63) is 35.9 Å². The van der Waals surface area contributed by atoms with E-state index in [-0.39, 0.29) is 18.3 Å². The van der Waals surface area contributed by atoms with Gasteiger partial charge in [-0.2, -0.15) is 0 Å². The number of hydrogen-bond donors (Lipinski definition) is 1. The molecule has 2 N–H and O–H groups in total. The zero-order chi connectivity index (χ0) is 16.4. The number of amides is 1. The summed E-state index contributed by atoms with van der Waals surface area (Å²) in [6.07, 6.45) is 1.81. The van der Waals surface area contributed by atoms with Gasteiger partial charge in [0.1, 0.15) is 5.54 Å². The molecule has 1 aromatic carbocycles. The molecule has 1 aliphatic heterocycles. The van der Waals surface area contributed by atoms with E-state index in [1.807, 2.05) is 30.3 Å². The molecule has 1 aromatic rings. The van der Waals surface area contributed by atoms with Crippen molar-refractivity contribution in [1.82, 2.24) is 9.21 Å². The Morgan fingerprint density at radius 1 is 1.13 bits per heavy atom. The van der Waals surface area contributed by atoms with Gasteiger partial charge < -0.3 is 10.6 Å². The highest BCUT2D eigenvalue weighted by molar-refractivity contribution is 7.88. The first-order valence-corrected chi connectivity index (χ1v) is 9.16. The van der Waals surface area contributed by atoms with Crippen molar-refractivity contribution >= 4 is 28.3 Å². The van der Waals surface area contributed by atoms with Crippen LogP contribution < -0.4 is 5.73 Å². The Balaban J connectivity index is 0.00000264. The molecule has 130 valence electrons. The lowest BCUT2D eigenvalue weighted by Gasteiger charge is -2.31. The van der Waals surface area contributed by atoms with Gasteiger partial charge in [-0.25, -0.2) is 12.7 Å². The highest BCUT2D eigenvalue weighted by atomic mass is 35.5. The SMILES string of the molecule is CC(N)(C(=O)N1CCCN(S(C)(=O)=O)CC1)c1ccccc1.Cl. The van der Waals surface area contributed by atoms with Crippen LogP contribution in [0.2, 0.25) is 0 Å². The van der Waals surface area contributed by atoms with Crippen molar-refractivity contribution in [2.45, 2.75) is 18.9 Å². The van der Waals surface area contributed by atoms with Gasteiger partial charge in [-0.3, -0.25) is 4.79 Å². The molecule has 6 nitrogen and oxygen atoms in total. The van der Waals surface area contributed by atoms with E-state index in [1.165, 1.54) is 10.6 Å². The summed E-state index contributed by atoms with van der Waals surface area (Å²) in [5.41, 5.74) is 5.91. The van der Waals surface area contributed by atoms with E-state index < -0.39 is 15.6 Å². The van der Waals surface area contributed by atoms with Gasteiger partial charge in [0.05, 0.1) is 6.26 Å². The average molecular weight is 362 g/mol. The van der Waals surface area contributed by atoms with Gasteiger partial charge in [-0.1, -0.05) is 30.3 Å². The van der Waals surface area contributed by atoms with Gasteiger partial charge in [0.25, 0.3) is 0 Å². The Labute approximate surface area is 144 Å². The molecule has 0 spiro atoms. The summed E-state index contributed by atoms with van der Waals surface area (Å²) in [5.74, 6) is -0.172. The van der Waals surface area contributed by atoms with Crippen molar-refractivity contribution in [3.63, 3.8) is 0 Å². The van der Waals surface area contributed by atoms with E-state index in [9.17, 15) is 13.2 Å². The zero-order valence-corrected chi connectivity index (χ0v) is 15.1. The standard InChI is InChI=1S/C15H23N3O3S.ClH/c1-15(16,13-7-4-3-5-8-13)14(19)17-9-6-10-18(12-11-17)22(2,20)21;/h3-5,7-8H,6,9-12,16H2,1-2H3;1H. The second kappa shape index (κ2) is 7.61. The molecule has 1 amide bonds. The Morgan fingerprint density at radius 2 is 1.74 bits per heavy atom. The fourth-order valence-corrected chi connectivity index (χ4v) is 3.54. The molecule has 1 saturated heterocycles. The molecule has 0 aliphatic carbocycles. The molecule has 1 heterocycles. The maximum atomic E-state index is 12.8. The Kier molecular flexibility index (Phi) is 6.59. The lowest BCUT2D eigenvalue weighted by atomic mass is 9.91. The van der Waals surface area contributed by atoms with Crippen LogP contribution in [0.1, 0.15) is 18.9 Å². The summed E-state index contributed by atoms with van der Waals surface area (Å²) in [5, 5.41) is 0. The molecule has 1 atom stereocenters. The molecular formula is C15H24ClN3O3S. The number of carbonyl (C=O) groups excluding carboxylic acids is 1. The quantitative estimate of drug-likeness (QED) is 0.862. The molecule has 1 aliphatic rings. The van der Waals surface area contributed by atoms with Crippen molar-refractivity contribution in [1.29, 1.82) is 0 Å². The molecule has 1 unspecified atom stereocenters. The molecule has 0 aromatic heterocycles. The minimum Gasteiger partial charge on any atom is -0.339 e. The zero-order valence-electron chi connectivity index (χ0n) is 13.4. The minimum atomic E-state index is -3.22. The van der Waals surface area contributed by atoms with Gasteiger partial charge in [-0.15, -0.1) is 12.4 Å². The normalized spacial score (nSPS) is 19.3. The van der Waals surface area contributed by atoms with Crippen molar-refractivity contribution < 1.29 is 13.2 Å². The minimum absolute atomic E-state index is 0. The molecule has 0 radical (unpaired) electrons. The number of nitrogens with two attached hydrogens (primary N) is 1. The van der Waals surface area contributed by atoms with Gasteiger partial charge >= 0.3 is 0 Å². The maximum absolute atomic E-state index is 12.8. The second-order valence-electron chi connectivity index (χ2n) is 5.88. The second-order valence-corrected chi connectivity index (χ2v) is 7.86. The van der Waals surface area contributed by atoms with Crippen LogP contribution in [0, 0.1) is 0 Å². The predicted octanol–water partition coefficient (Wildman–Crippen LogP) is 0.776. The van der Waals surface area contributed by atoms with Crippen molar-refractivity contribution in [2.24, 2.45) is 5.73 Å². The molecular weight excluding hydrogens is 338 g/mol. The predicted molar refractivity (Wildman–Crippen MR) is 92.8 cm³/mol. The van der Waals surface area contributed by atoms with E-state index in [2.05, 4.69) is 0 Å². The lowest BCUT2D eigenvalue weighted by Crippen LogP contribution is -2.51. The fraction of sp³-hybridized carbons (Fsp3) is 0.533. The summed E-state index contributed by atoms with van der Waals surface area (Å²) in [4.78, 5) is 14.4. The van der Waals surface area contributed by atoms with Crippen LogP contribution in [0.4, 0.5) is 0 Å². The van der Waals surface area contributed by atoms with E-state index in [0.29, 0.717) is 32.6 Å². The van der Waals surface area contributed by atoms with Crippen LogP contribution >= 0.6 is 12.4 Å². The number of rotatable bonds is 3. The van der Waals surface area contributed by atoms with Gasteiger partial charge in [0, 0.05) is 26.2 Å². The van der Waals surface area contributed by atoms with E-state index >= 15 is 0 Å².